The molecule has 3 fully saturated rings. The number of carbonyl (C=O) groups is 2. The summed E-state index contributed by atoms with van der Waals surface area (Å²) in [6.07, 6.45) is 8.77. The first-order valence-corrected chi connectivity index (χ1v) is 9.79. The molecule has 0 spiro atoms. The average molecular weight is 352 g/mol. The second-order valence-corrected chi connectivity index (χ2v) is 7.65. The summed E-state index contributed by atoms with van der Waals surface area (Å²) in [4.78, 5) is 28.3. The van der Waals surface area contributed by atoms with Crippen molar-refractivity contribution in [2.75, 3.05) is 39.4 Å². The number of hydrogen-bond donors (Lipinski definition) is 2. The maximum Gasteiger partial charge on any atom is 0.315 e. The van der Waals surface area contributed by atoms with Gasteiger partial charge in [-0.3, -0.25) is 9.69 Å². The van der Waals surface area contributed by atoms with Gasteiger partial charge in [-0.2, -0.15) is 0 Å². The topological polar surface area (TPSA) is 87.9 Å². The van der Waals surface area contributed by atoms with Gasteiger partial charge in [0, 0.05) is 31.7 Å². The highest BCUT2D eigenvalue weighted by molar-refractivity contribution is 5.87. The molecule has 3 rings (SSSR count). The standard InChI is InChI=1S/C18H32N4O3/c19-17(24)22-9-5-6-15(22)16(23)20-14-18(7-3-1-2-4-8-18)21-10-12-25-13-11-21/h15H,1-14H2,(H2,19,24)(H,20,23)/t15-/m0/s1. The number of nitrogens with two attached hydrogens (primary N) is 1. The van der Waals surface area contributed by atoms with E-state index in [1.54, 1.807) is 0 Å². The highest BCUT2D eigenvalue weighted by Gasteiger charge is 2.39. The van der Waals surface area contributed by atoms with E-state index in [2.05, 4.69) is 10.2 Å². The van der Waals surface area contributed by atoms with E-state index in [1.165, 1.54) is 30.6 Å². The number of nitrogens with one attached hydrogen (secondary N) is 1. The van der Waals surface area contributed by atoms with Gasteiger partial charge in [-0.15, -0.1) is 0 Å². The molecule has 2 heterocycles. The molecule has 0 unspecified atom stereocenters. The highest BCUT2D eigenvalue weighted by atomic mass is 16.5. The second kappa shape index (κ2) is 8.36. The van der Waals surface area contributed by atoms with E-state index < -0.39 is 12.1 Å². The van der Waals surface area contributed by atoms with E-state index in [9.17, 15) is 9.59 Å². The summed E-state index contributed by atoms with van der Waals surface area (Å²) in [7, 11) is 0. The summed E-state index contributed by atoms with van der Waals surface area (Å²) in [5.41, 5.74) is 5.45. The molecule has 3 amide bonds. The molecule has 3 N–H and O–H groups in total. The van der Waals surface area contributed by atoms with E-state index in [1.807, 2.05) is 0 Å². The van der Waals surface area contributed by atoms with Crippen molar-refractivity contribution in [2.45, 2.75) is 62.9 Å². The summed E-state index contributed by atoms with van der Waals surface area (Å²) < 4.78 is 5.53. The van der Waals surface area contributed by atoms with Crippen molar-refractivity contribution >= 4 is 11.9 Å². The number of hydrogen-bond acceptors (Lipinski definition) is 4. The number of urea groups is 1. The van der Waals surface area contributed by atoms with Gasteiger partial charge in [-0.05, 0) is 25.7 Å². The van der Waals surface area contributed by atoms with Crippen molar-refractivity contribution in [2.24, 2.45) is 5.73 Å². The molecular weight excluding hydrogens is 320 g/mol. The third-order valence-electron chi connectivity index (χ3n) is 6.15. The van der Waals surface area contributed by atoms with E-state index >= 15 is 0 Å². The molecule has 2 aliphatic heterocycles. The van der Waals surface area contributed by atoms with Crippen LogP contribution in [0.3, 0.4) is 0 Å². The largest absolute Gasteiger partial charge is 0.379 e. The number of morpholine rings is 1. The lowest BCUT2D eigenvalue weighted by atomic mass is 9.87. The van der Waals surface area contributed by atoms with Crippen LogP contribution in [-0.4, -0.2) is 72.7 Å². The molecule has 0 aromatic carbocycles. The predicted octanol–water partition coefficient (Wildman–Crippen LogP) is 1.07. The Balaban J connectivity index is 1.65. The molecule has 1 aliphatic carbocycles. The van der Waals surface area contributed by atoms with Crippen LogP contribution in [0.15, 0.2) is 0 Å². The van der Waals surface area contributed by atoms with Gasteiger partial charge in [0.2, 0.25) is 5.91 Å². The lowest BCUT2D eigenvalue weighted by molar-refractivity contribution is -0.125. The summed E-state index contributed by atoms with van der Waals surface area (Å²) in [5, 5.41) is 3.17. The number of ether oxygens (including phenoxy) is 1. The smallest absolute Gasteiger partial charge is 0.315 e. The number of likely N-dealkylation sites (tertiary alicyclic amines) is 1. The third kappa shape index (κ3) is 4.26. The van der Waals surface area contributed by atoms with E-state index in [-0.39, 0.29) is 11.4 Å². The summed E-state index contributed by atoms with van der Waals surface area (Å²) >= 11 is 0. The first-order chi connectivity index (χ1) is 12.1. The minimum Gasteiger partial charge on any atom is -0.379 e. The fourth-order valence-corrected chi connectivity index (χ4v) is 4.70. The van der Waals surface area contributed by atoms with Crippen LogP contribution in [0.1, 0.15) is 51.4 Å². The third-order valence-corrected chi connectivity index (χ3v) is 6.15. The van der Waals surface area contributed by atoms with Crippen LogP contribution in [0.2, 0.25) is 0 Å². The van der Waals surface area contributed by atoms with Gasteiger partial charge in [-0.1, -0.05) is 25.7 Å². The van der Waals surface area contributed by atoms with Crippen molar-refractivity contribution < 1.29 is 14.3 Å². The normalized spacial score (nSPS) is 27.7. The van der Waals surface area contributed by atoms with E-state index in [4.69, 9.17) is 10.5 Å². The van der Waals surface area contributed by atoms with Crippen LogP contribution in [0, 0.1) is 0 Å². The Morgan fingerprint density at radius 3 is 2.36 bits per heavy atom. The molecule has 2 saturated heterocycles. The Morgan fingerprint density at radius 2 is 1.72 bits per heavy atom. The van der Waals surface area contributed by atoms with Gasteiger partial charge in [0.1, 0.15) is 6.04 Å². The van der Waals surface area contributed by atoms with Crippen molar-refractivity contribution in [3.8, 4) is 0 Å². The van der Waals surface area contributed by atoms with Gasteiger partial charge in [0.25, 0.3) is 0 Å². The zero-order valence-electron chi connectivity index (χ0n) is 15.2. The fourth-order valence-electron chi connectivity index (χ4n) is 4.70. The van der Waals surface area contributed by atoms with Crippen LogP contribution in [0.5, 0.6) is 0 Å². The van der Waals surface area contributed by atoms with Crippen molar-refractivity contribution in [1.29, 1.82) is 0 Å². The molecule has 7 heteroatoms. The second-order valence-electron chi connectivity index (χ2n) is 7.65. The zero-order chi connectivity index (χ0) is 17.7. The molecule has 3 aliphatic rings. The van der Waals surface area contributed by atoms with Crippen molar-refractivity contribution in [3.63, 3.8) is 0 Å². The molecule has 0 bridgehead atoms. The van der Waals surface area contributed by atoms with Crippen molar-refractivity contribution in [1.82, 2.24) is 15.1 Å². The van der Waals surface area contributed by atoms with Gasteiger partial charge in [0.15, 0.2) is 0 Å². The van der Waals surface area contributed by atoms with Crippen LogP contribution in [0.4, 0.5) is 4.79 Å². The van der Waals surface area contributed by atoms with Crippen molar-refractivity contribution in [3.05, 3.63) is 0 Å². The number of amides is 3. The predicted molar refractivity (Wildman–Crippen MR) is 95.1 cm³/mol. The molecule has 1 atom stereocenters. The first-order valence-electron chi connectivity index (χ1n) is 9.79. The molecule has 0 aromatic rings. The monoisotopic (exact) mass is 352 g/mol. The quantitative estimate of drug-likeness (QED) is 0.741. The van der Waals surface area contributed by atoms with Crippen LogP contribution < -0.4 is 11.1 Å². The van der Waals surface area contributed by atoms with E-state index in [0.717, 1.165) is 45.6 Å². The molecule has 25 heavy (non-hydrogen) atoms. The van der Waals surface area contributed by atoms with Gasteiger partial charge < -0.3 is 20.7 Å². The zero-order valence-corrected chi connectivity index (χ0v) is 15.2. The summed E-state index contributed by atoms with van der Waals surface area (Å²) in [5.74, 6) is -0.0480. The Kier molecular flexibility index (Phi) is 6.17. The van der Waals surface area contributed by atoms with Crippen LogP contribution in [-0.2, 0) is 9.53 Å². The number of nitrogens with zero attached hydrogens (tertiary/aromatic N) is 2. The molecule has 142 valence electrons. The van der Waals surface area contributed by atoms with Crippen LogP contribution >= 0.6 is 0 Å². The average Bonchev–Trinajstić information content (AvgIpc) is 3.00. The summed E-state index contributed by atoms with van der Waals surface area (Å²) in [6.45, 7) is 4.66. The Labute approximate surface area is 150 Å². The van der Waals surface area contributed by atoms with Gasteiger partial charge in [-0.25, -0.2) is 4.79 Å². The SMILES string of the molecule is NC(=O)N1CCC[C@H]1C(=O)NCC1(N2CCOCC2)CCCCCC1. The number of carbonyl (C=O) groups excluding carboxylic acids is 2. The first kappa shape index (κ1) is 18.5. The minimum atomic E-state index is -0.491. The van der Waals surface area contributed by atoms with Crippen LogP contribution in [0.25, 0.3) is 0 Å². The number of primary amides is 1. The maximum atomic E-state index is 12.7. The Bertz CT molecular complexity index is 471. The molecular formula is C18H32N4O3. The van der Waals surface area contributed by atoms with E-state index in [0.29, 0.717) is 19.5 Å². The minimum absolute atomic E-state index is 0.0338. The van der Waals surface area contributed by atoms with Gasteiger partial charge in [0.05, 0.1) is 13.2 Å². The van der Waals surface area contributed by atoms with Gasteiger partial charge >= 0.3 is 6.03 Å². The fraction of sp³-hybridized carbons (Fsp3) is 0.889. The lowest BCUT2D eigenvalue weighted by Crippen LogP contribution is -2.60. The molecule has 7 nitrogen and oxygen atoms in total. The Hall–Kier alpha value is -1.34. The molecule has 0 aromatic heterocycles. The Morgan fingerprint density at radius 1 is 1.04 bits per heavy atom. The highest BCUT2D eigenvalue weighted by Crippen LogP contribution is 2.33. The lowest BCUT2D eigenvalue weighted by Gasteiger charge is -2.46. The molecule has 1 saturated carbocycles. The maximum absolute atomic E-state index is 12.7. The number of rotatable bonds is 4. The summed E-state index contributed by atoms with van der Waals surface area (Å²) in [6, 6.07) is -0.889. The molecule has 0 radical (unpaired) electrons.